The van der Waals surface area contributed by atoms with Gasteiger partial charge in [0.25, 0.3) is 0 Å². The minimum absolute atomic E-state index is 0.106. The summed E-state index contributed by atoms with van der Waals surface area (Å²) < 4.78 is 10.2. The molecule has 1 atom stereocenters. The largest absolute Gasteiger partial charge is 0.497 e. The Morgan fingerprint density at radius 1 is 1.26 bits per heavy atom. The number of aryl methyl sites for hydroxylation is 1. The lowest BCUT2D eigenvalue weighted by molar-refractivity contribution is -0.151. The summed E-state index contributed by atoms with van der Waals surface area (Å²) in [6, 6.07) is 7.75. The third kappa shape index (κ3) is 4.98. The standard InChI is InChI=1S/C18H25NO4/c1-3-23-18(21)15-5-4-12-19(13-15)17(20)11-8-14-6-9-16(22-2)10-7-14/h6-7,9-10,15H,3-5,8,11-13H2,1-2H3. The van der Waals surface area contributed by atoms with Crippen LogP contribution in [0.2, 0.25) is 0 Å². The van der Waals surface area contributed by atoms with E-state index in [9.17, 15) is 9.59 Å². The van der Waals surface area contributed by atoms with E-state index in [0.29, 0.717) is 26.0 Å². The molecule has 23 heavy (non-hydrogen) atoms. The Bertz CT molecular complexity index is 526. The van der Waals surface area contributed by atoms with E-state index in [-0.39, 0.29) is 17.8 Å². The molecule has 5 heteroatoms. The highest BCUT2D eigenvalue weighted by atomic mass is 16.5. The van der Waals surface area contributed by atoms with Gasteiger partial charge in [0.2, 0.25) is 5.91 Å². The number of benzene rings is 1. The van der Waals surface area contributed by atoms with Crippen LogP contribution < -0.4 is 4.74 Å². The summed E-state index contributed by atoms with van der Waals surface area (Å²) in [4.78, 5) is 26.0. The molecule has 1 aliphatic heterocycles. The molecule has 126 valence electrons. The Balaban J connectivity index is 1.83. The summed E-state index contributed by atoms with van der Waals surface area (Å²) >= 11 is 0. The molecule has 1 aliphatic rings. The molecule has 1 unspecified atom stereocenters. The van der Waals surface area contributed by atoms with E-state index in [2.05, 4.69) is 0 Å². The zero-order valence-corrected chi connectivity index (χ0v) is 13.9. The van der Waals surface area contributed by atoms with E-state index in [1.807, 2.05) is 24.3 Å². The maximum atomic E-state index is 12.4. The number of amides is 1. The minimum Gasteiger partial charge on any atom is -0.497 e. The van der Waals surface area contributed by atoms with Crippen molar-refractivity contribution < 1.29 is 19.1 Å². The quantitative estimate of drug-likeness (QED) is 0.756. The van der Waals surface area contributed by atoms with Crippen LogP contribution in [0.25, 0.3) is 0 Å². The molecule has 0 saturated carbocycles. The molecular weight excluding hydrogens is 294 g/mol. The molecule has 0 aromatic heterocycles. The van der Waals surface area contributed by atoms with Gasteiger partial charge >= 0.3 is 5.97 Å². The number of carbonyl (C=O) groups is 2. The number of piperidine rings is 1. The van der Waals surface area contributed by atoms with E-state index in [1.54, 1.807) is 18.9 Å². The van der Waals surface area contributed by atoms with Crippen molar-refractivity contribution in [1.82, 2.24) is 4.90 Å². The van der Waals surface area contributed by atoms with E-state index in [0.717, 1.165) is 30.7 Å². The number of methoxy groups -OCH3 is 1. The molecule has 5 nitrogen and oxygen atoms in total. The second-order valence-electron chi connectivity index (χ2n) is 5.78. The number of ether oxygens (including phenoxy) is 2. The predicted molar refractivity (Wildman–Crippen MR) is 87.3 cm³/mol. The van der Waals surface area contributed by atoms with Crippen LogP contribution in [-0.4, -0.2) is 43.6 Å². The van der Waals surface area contributed by atoms with Gasteiger partial charge in [0.1, 0.15) is 5.75 Å². The predicted octanol–water partition coefficient (Wildman–Crippen LogP) is 2.43. The third-order valence-electron chi connectivity index (χ3n) is 4.18. The van der Waals surface area contributed by atoms with Gasteiger partial charge in [0.15, 0.2) is 0 Å². The van der Waals surface area contributed by atoms with E-state index >= 15 is 0 Å². The molecule has 0 aliphatic carbocycles. The first kappa shape index (κ1) is 17.3. The van der Waals surface area contributed by atoms with Gasteiger partial charge in [-0.25, -0.2) is 0 Å². The first-order valence-corrected chi connectivity index (χ1v) is 8.21. The Kier molecular flexibility index (Phi) is 6.44. The number of hydrogen-bond acceptors (Lipinski definition) is 4. The summed E-state index contributed by atoms with van der Waals surface area (Å²) in [5, 5.41) is 0. The van der Waals surface area contributed by atoms with Gasteiger partial charge in [-0.05, 0) is 43.9 Å². The number of likely N-dealkylation sites (tertiary alicyclic amines) is 1. The highest BCUT2D eigenvalue weighted by Crippen LogP contribution is 2.19. The van der Waals surface area contributed by atoms with E-state index < -0.39 is 0 Å². The van der Waals surface area contributed by atoms with Crippen molar-refractivity contribution in [1.29, 1.82) is 0 Å². The number of carbonyl (C=O) groups excluding carboxylic acids is 2. The van der Waals surface area contributed by atoms with Gasteiger partial charge in [-0.15, -0.1) is 0 Å². The molecule has 2 rings (SSSR count). The lowest BCUT2D eigenvalue weighted by Gasteiger charge is -2.31. The Morgan fingerprint density at radius 2 is 2.00 bits per heavy atom. The van der Waals surface area contributed by atoms with Crippen LogP contribution in [0.1, 0.15) is 31.7 Å². The Hall–Kier alpha value is -2.04. The van der Waals surface area contributed by atoms with Crippen LogP contribution in [-0.2, 0) is 20.7 Å². The van der Waals surface area contributed by atoms with Gasteiger partial charge in [-0.3, -0.25) is 9.59 Å². The SMILES string of the molecule is CCOC(=O)C1CCCN(C(=O)CCc2ccc(OC)cc2)C1. The average molecular weight is 319 g/mol. The topological polar surface area (TPSA) is 55.8 Å². The lowest BCUT2D eigenvalue weighted by Crippen LogP contribution is -2.42. The second kappa shape index (κ2) is 8.56. The third-order valence-corrected chi connectivity index (χ3v) is 4.18. The maximum Gasteiger partial charge on any atom is 0.310 e. The Labute approximate surface area is 137 Å². The fraction of sp³-hybridized carbons (Fsp3) is 0.556. The van der Waals surface area contributed by atoms with Gasteiger partial charge in [-0.1, -0.05) is 12.1 Å². The van der Waals surface area contributed by atoms with Crippen molar-refractivity contribution in [3.8, 4) is 5.75 Å². The van der Waals surface area contributed by atoms with Crippen molar-refractivity contribution >= 4 is 11.9 Å². The maximum absolute atomic E-state index is 12.4. The van der Waals surface area contributed by atoms with Gasteiger partial charge < -0.3 is 14.4 Å². The fourth-order valence-corrected chi connectivity index (χ4v) is 2.86. The molecule has 1 saturated heterocycles. The van der Waals surface area contributed by atoms with Crippen molar-refractivity contribution in [3.05, 3.63) is 29.8 Å². The number of esters is 1. The normalized spacial score (nSPS) is 17.7. The van der Waals surface area contributed by atoms with E-state index in [1.165, 1.54) is 0 Å². The van der Waals surface area contributed by atoms with Crippen molar-refractivity contribution in [2.75, 3.05) is 26.8 Å². The van der Waals surface area contributed by atoms with Crippen molar-refractivity contribution in [2.24, 2.45) is 5.92 Å². The molecule has 1 heterocycles. The molecule has 0 N–H and O–H groups in total. The second-order valence-corrected chi connectivity index (χ2v) is 5.78. The van der Waals surface area contributed by atoms with Crippen LogP contribution in [0.15, 0.2) is 24.3 Å². The molecule has 0 radical (unpaired) electrons. The van der Waals surface area contributed by atoms with Gasteiger partial charge in [-0.2, -0.15) is 0 Å². The highest BCUT2D eigenvalue weighted by Gasteiger charge is 2.28. The summed E-state index contributed by atoms with van der Waals surface area (Å²) in [5.74, 6) is 0.567. The Morgan fingerprint density at radius 3 is 2.65 bits per heavy atom. The van der Waals surface area contributed by atoms with Crippen LogP contribution in [0.4, 0.5) is 0 Å². The molecule has 0 bridgehead atoms. The van der Waals surface area contributed by atoms with Crippen LogP contribution in [0.3, 0.4) is 0 Å². The van der Waals surface area contributed by atoms with Crippen LogP contribution >= 0.6 is 0 Å². The van der Waals surface area contributed by atoms with E-state index in [4.69, 9.17) is 9.47 Å². The summed E-state index contributed by atoms with van der Waals surface area (Å²) in [6.07, 6.45) is 2.82. The zero-order valence-electron chi connectivity index (χ0n) is 13.9. The molecule has 1 aromatic rings. The first-order chi connectivity index (χ1) is 11.1. The minimum atomic E-state index is -0.180. The monoisotopic (exact) mass is 319 g/mol. The number of hydrogen-bond donors (Lipinski definition) is 0. The van der Waals surface area contributed by atoms with Crippen molar-refractivity contribution in [2.45, 2.75) is 32.6 Å². The molecule has 0 spiro atoms. The van der Waals surface area contributed by atoms with Gasteiger partial charge in [0.05, 0.1) is 19.6 Å². The average Bonchev–Trinajstić information content (AvgIpc) is 2.60. The summed E-state index contributed by atoms with van der Waals surface area (Å²) in [6.45, 7) is 3.41. The van der Waals surface area contributed by atoms with Gasteiger partial charge in [0, 0.05) is 19.5 Å². The zero-order chi connectivity index (χ0) is 16.7. The van der Waals surface area contributed by atoms with Crippen molar-refractivity contribution in [3.63, 3.8) is 0 Å². The molecular formula is C18H25NO4. The van der Waals surface area contributed by atoms with Crippen LogP contribution in [0, 0.1) is 5.92 Å². The number of rotatable bonds is 6. The fourth-order valence-electron chi connectivity index (χ4n) is 2.86. The number of nitrogens with zero attached hydrogens (tertiary/aromatic N) is 1. The molecule has 1 aromatic carbocycles. The van der Waals surface area contributed by atoms with Crippen LogP contribution in [0.5, 0.6) is 5.75 Å². The lowest BCUT2D eigenvalue weighted by atomic mass is 9.97. The first-order valence-electron chi connectivity index (χ1n) is 8.21. The molecule has 1 amide bonds. The summed E-state index contributed by atoms with van der Waals surface area (Å²) in [5.41, 5.74) is 1.11. The summed E-state index contributed by atoms with van der Waals surface area (Å²) in [7, 11) is 1.63. The highest BCUT2D eigenvalue weighted by molar-refractivity contribution is 5.78. The molecule has 1 fully saturated rings. The smallest absolute Gasteiger partial charge is 0.310 e.